The molecule has 1 aliphatic carbocycles. The van der Waals surface area contributed by atoms with Crippen LogP contribution in [0.5, 0.6) is 17.2 Å². The quantitative estimate of drug-likeness (QED) is 0.781. The van der Waals surface area contributed by atoms with Gasteiger partial charge in [0.25, 0.3) is 0 Å². The summed E-state index contributed by atoms with van der Waals surface area (Å²) < 4.78 is 10.2. The minimum absolute atomic E-state index is 0.0133. The molecule has 0 saturated heterocycles. The standard InChI is InChI=1S/C16H12O5/c1-20-8-3-4-9-11(7-8)15(19)13-10(14(9)18)5-6-12(17)16(13)21-2/h3-7,17H,1-2H3. The van der Waals surface area contributed by atoms with Gasteiger partial charge in [-0.1, -0.05) is 0 Å². The summed E-state index contributed by atoms with van der Waals surface area (Å²) in [5.74, 6) is -0.327. The molecular weight excluding hydrogens is 272 g/mol. The van der Waals surface area contributed by atoms with Gasteiger partial charge in [-0.2, -0.15) is 0 Å². The number of benzene rings is 2. The molecule has 0 spiro atoms. The van der Waals surface area contributed by atoms with E-state index in [1.807, 2.05) is 0 Å². The van der Waals surface area contributed by atoms with E-state index in [1.165, 1.54) is 32.4 Å². The first-order chi connectivity index (χ1) is 10.1. The predicted octanol–water partition coefficient (Wildman–Crippen LogP) is 2.18. The Morgan fingerprint density at radius 1 is 0.857 bits per heavy atom. The maximum absolute atomic E-state index is 12.7. The van der Waals surface area contributed by atoms with Crippen LogP contribution >= 0.6 is 0 Å². The third-order valence-electron chi connectivity index (χ3n) is 3.53. The zero-order valence-electron chi connectivity index (χ0n) is 11.5. The Morgan fingerprint density at radius 2 is 1.57 bits per heavy atom. The van der Waals surface area contributed by atoms with Crippen molar-refractivity contribution in [1.82, 2.24) is 0 Å². The third-order valence-corrected chi connectivity index (χ3v) is 3.53. The summed E-state index contributed by atoms with van der Waals surface area (Å²) in [5, 5.41) is 9.81. The van der Waals surface area contributed by atoms with Gasteiger partial charge in [-0.3, -0.25) is 9.59 Å². The van der Waals surface area contributed by atoms with Crippen molar-refractivity contribution >= 4 is 11.6 Å². The van der Waals surface area contributed by atoms with Crippen molar-refractivity contribution in [2.75, 3.05) is 14.2 Å². The van der Waals surface area contributed by atoms with Gasteiger partial charge in [0.1, 0.15) is 5.75 Å². The van der Waals surface area contributed by atoms with E-state index in [0.29, 0.717) is 11.3 Å². The number of phenolic OH excluding ortho intramolecular Hbond substituents is 1. The van der Waals surface area contributed by atoms with Gasteiger partial charge in [0.2, 0.25) is 0 Å². The minimum atomic E-state index is -0.369. The fraction of sp³-hybridized carbons (Fsp3) is 0.125. The Morgan fingerprint density at radius 3 is 2.24 bits per heavy atom. The Labute approximate surface area is 120 Å². The van der Waals surface area contributed by atoms with Gasteiger partial charge in [0.05, 0.1) is 19.8 Å². The second kappa shape index (κ2) is 4.63. The van der Waals surface area contributed by atoms with Crippen molar-refractivity contribution in [2.45, 2.75) is 0 Å². The summed E-state index contributed by atoms with van der Waals surface area (Å²) in [4.78, 5) is 25.2. The van der Waals surface area contributed by atoms with Crippen LogP contribution in [0.3, 0.4) is 0 Å². The van der Waals surface area contributed by atoms with E-state index in [9.17, 15) is 14.7 Å². The SMILES string of the molecule is COc1ccc2c(c1)C(=O)c1c(ccc(O)c1OC)C2=O. The number of aromatic hydroxyl groups is 1. The Balaban J connectivity index is 2.31. The molecule has 2 aromatic rings. The second-order valence-electron chi connectivity index (χ2n) is 4.61. The van der Waals surface area contributed by atoms with E-state index < -0.39 is 0 Å². The predicted molar refractivity (Wildman–Crippen MR) is 74.5 cm³/mol. The smallest absolute Gasteiger partial charge is 0.198 e. The highest BCUT2D eigenvalue weighted by atomic mass is 16.5. The molecule has 5 heteroatoms. The van der Waals surface area contributed by atoms with Crippen LogP contribution in [0.4, 0.5) is 0 Å². The molecule has 0 bridgehead atoms. The molecule has 0 amide bonds. The number of carbonyl (C=O) groups excluding carboxylic acids is 2. The van der Waals surface area contributed by atoms with Gasteiger partial charge in [0.15, 0.2) is 23.1 Å². The van der Waals surface area contributed by atoms with E-state index in [-0.39, 0.29) is 39.8 Å². The molecule has 106 valence electrons. The van der Waals surface area contributed by atoms with Crippen LogP contribution in [-0.2, 0) is 0 Å². The van der Waals surface area contributed by atoms with Crippen LogP contribution < -0.4 is 9.47 Å². The molecule has 0 unspecified atom stereocenters. The van der Waals surface area contributed by atoms with Crippen LogP contribution in [0.1, 0.15) is 31.8 Å². The third kappa shape index (κ3) is 1.78. The number of hydrogen-bond donors (Lipinski definition) is 1. The lowest BCUT2D eigenvalue weighted by Gasteiger charge is -2.20. The maximum atomic E-state index is 12.7. The largest absolute Gasteiger partial charge is 0.504 e. The lowest BCUT2D eigenvalue weighted by atomic mass is 9.83. The molecule has 3 rings (SSSR count). The van der Waals surface area contributed by atoms with Crippen LogP contribution in [-0.4, -0.2) is 30.9 Å². The number of methoxy groups -OCH3 is 2. The summed E-state index contributed by atoms with van der Waals surface area (Å²) in [7, 11) is 2.82. The van der Waals surface area contributed by atoms with Crippen molar-refractivity contribution in [3.63, 3.8) is 0 Å². The topological polar surface area (TPSA) is 72.8 Å². The number of carbonyl (C=O) groups is 2. The zero-order chi connectivity index (χ0) is 15.1. The average molecular weight is 284 g/mol. The highest BCUT2D eigenvalue weighted by molar-refractivity contribution is 6.29. The summed E-state index contributed by atoms with van der Waals surface area (Å²) in [6, 6.07) is 7.49. The molecule has 0 atom stereocenters. The molecule has 1 N–H and O–H groups in total. The fourth-order valence-corrected chi connectivity index (χ4v) is 2.51. The number of fused-ring (bicyclic) bond motifs is 2. The molecule has 2 aromatic carbocycles. The van der Waals surface area contributed by atoms with Gasteiger partial charge < -0.3 is 14.6 Å². The van der Waals surface area contributed by atoms with Crippen molar-refractivity contribution in [1.29, 1.82) is 0 Å². The molecule has 0 aromatic heterocycles. The molecule has 21 heavy (non-hydrogen) atoms. The van der Waals surface area contributed by atoms with Crippen molar-refractivity contribution < 1.29 is 24.2 Å². The van der Waals surface area contributed by atoms with E-state index >= 15 is 0 Å². The lowest BCUT2D eigenvalue weighted by Crippen LogP contribution is -2.21. The molecular formula is C16H12O5. The monoisotopic (exact) mass is 284 g/mol. The molecule has 5 nitrogen and oxygen atoms in total. The van der Waals surface area contributed by atoms with Crippen LogP contribution in [0.2, 0.25) is 0 Å². The van der Waals surface area contributed by atoms with Crippen molar-refractivity contribution in [3.05, 3.63) is 52.6 Å². The van der Waals surface area contributed by atoms with Crippen molar-refractivity contribution in [2.24, 2.45) is 0 Å². The van der Waals surface area contributed by atoms with Crippen LogP contribution in [0.25, 0.3) is 0 Å². The van der Waals surface area contributed by atoms with Gasteiger partial charge in [-0.25, -0.2) is 0 Å². The van der Waals surface area contributed by atoms with E-state index in [4.69, 9.17) is 9.47 Å². The lowest BCUT2D eigenvalue weighted by molar-refractivity contribution is 0.0975. The number of hydrogen-bond acceptors (Lipinski definition) is 5. The molecule has 0 radical (unpaired) electrons. The fourth-order valence-electron chi connectivity index (χ4n) is 2.51. The van der Waals surface area contributed by atoms with Crippen molar-refractivity contribution in [3.8, 4) is 17.2 Å². The molecule has 0 fully saturated rings. The van der Waals surface area contributed by atoms with Gasteiger partial charge in [-0.05, 0) is 30.3 Å². The average Bonchev–Trinajstić information content (AvgIpc) is 2.51. The number of rotatable bonds is 2. The summed E-state index contributed by atoms with van der Waals surface area (Å²) in [6.45, 7) is 0. The van der Waals surface area contributed by atoms with E-state index in [1.54, 1.807) is 12.1 Å². The van der Waals surface area contributed by atoms with Crippen LogP contribution in [0, 0.1) is 0 Å². The summed E-state index contributed by atoms with van der Waals surface area (Å²) in [5.41, 5.74) is 0.882. The molecule has 0 heterocycles. The summed E-state index contributed by atoms with van der Waals surface area (Å²) in [6.07, 6.45) is 0. The van der Waals surface area contributed by atoms with Crippen LogP contribution in [0.15, 0.2) is 30.3 Å². The second-order valence-corrected chi connectivity index (χ2v) is 4.61. The van der Waals surface area contributed by atoms with Gasteiger partial charge in [-0.15, -0.1) is 0 Å². The normalized spacial score (nSPS) is 12.7. The first kappa shape index (κ1) is 13.2. The maximum Gasteiger partial charge on any atom is 0.198 e. The molecule has 0 saturated carbocycles. The summed E-state index contributed by atoms with van der Waals surface area (Å²) >= 11 is 0. The van der Waals surface area contributed by atoms with E-state index in [2.05, 4.69) is 0 Å². The Hall–Kier alpha value is -2.82. The highest BCUT2D eigenvalue weighted by Gasteiger charge is 2.33. The van der Waals surface area contributed by atoms with E-state index in [0.717, 1.165) is 0 Å². The number of ether oxygens (including phenoxy) is 2. The molecule has 1 aliphatic rings. The Kier molecular flexibility index (Phi) is 2.90. The zero-order valence-corrected chi connectivity index (χ0v) is 11.5. The number of phenols is 1. The first-order valence-corrected chi connectivity index (χ1v) is 6.26. The highest BCUT2D eigenvalue weighted by Crippen LogP contribution is 2.39. The first-order valence-electron chi connectivity index (χ1n) is 6.26. The minimum Gasteiger partial charge on any atom is -0.504 e. The van der Waals surface area contributed by atoms with Gasteiger partial charge in [0, 0.05) is 16.7 Å². The molecule has 0 aliphatic heterocycles. The number of ketones is 2. The van der Waals surface area contributed by atoms with Gasteiger partial charge >= 0.3 is 0 Å². The Bertz CT molecular complexity index is 776.